The van der Waals surface area contributed by atoms with Gasteiger partial charge in [0.15, 0.2) is 12.0 Å². The highest BCUT2D eigenvalue weighted by Crippen LogP contribution is 2.35. The van der Waals surface area contributed by atoms with Crippen LogP contribution in [-0.2, 0) is 6.54 Å². The summed E-state index contributed by atoms with van der Waals surface area (Å²) in [7, 11) is 0. The summed E-state index contributed by atoms with van der Waals surface area (Å²) in [5.74, 6) is 0.385. The zero-order chi connectivity index (χ0) is 20.6. The third kappa shape index (κ3) is 3.93. The lowest BCUT2D eigenvalue weighted by molar-refractivity contribution is 0.101. The van der Waals surface area contributed by atoms with Crippen LogP contribution in [0.4, 0.5) is 8.78 Å². The third-order valence-corrected chi connectivity index (χ3v) is 4.42. The lowest BCUT2D eigenvalue weighted by atomic mass is 9.95. The number of ketones is 1. The number of rotatable bonds is 5. The molecular weight excluding hydrogens is 362 g/mol. The predicted octanol–water partition coefficient (Wildman–Crippen LogP) is 5.03. The first kappa shape index (κ1) is 20.0. The fourth-order valence-corrected chi connectivity index (χ4v) is 3.20. The number of benzene rings is 1. The second kappa shape index (κ2) is 7.37. The van der Waals surface area contributed by atoms with Crippen molar-refractivity contribution in [3.63, 3.8) is 0 Å². The lowest BCUT2D eigenvalue weighted by Crippen LogP contribution is -2.17. The van der Waals surface area contributed by atoms with Crippen LogP contribution in [0.25, 0.3) is 22.0 Å². The number of hydrogen-bond donors (Lipinski definition) is 0. The Kier molecular flexibility index (Phi) is 5.28. The summed E-state index contributed by atoms with van der Waals surface area (Å²) >= 11 is 0. The highest BCUT2D eigenvalue weighted by atomic mass is 19.2. The number of Topliss-reactive ketones (excluding diaryl/α,β-unsaturated/α-hetero) is 1. The molecule has 0 radical (unpaired) electrons. The number of aryl methyl sites for hydroxylation is 1. The van der Waals surface area contributed by atoms with Gasteiger partial charge >= 0.3 is 0 Å². The molecule has 148 valence electrons. The number of nitrogens with zero attached hydrogens (tertiary/aromatic N) is 4. The van der Waals surface area contributed by atoms with Crippen LogP contribution < -0.4 is 0 Å². The van der Waals surface area contributed by atoms with Crippen molar-refractivity contribution < 1.29 is 13.6 Å². The van der Waals surface area contributed by atoms with Crippen LogP contribution >= 0.6 is 0 Å². The Morgan fingerprint density at radius 1 is 1.18 bits per heavy atom. The van der Waals surface area contributed by atoms with Gasteiger partial charge in [-0.15, -0.1) is 0 Å². The standard InChI is InChI=1S/C21H24F2N4O/c1-12(28)19-17-7-14(15-9-24-13(2)25-10-15)6-16(18(23)8-22)20(17)27(26-19)11-21(3,4)5/h6-7,9-10,18H,8,11H2,1-5H3. The fourth-order valence-electron chi connectivity index (χ4n) is 3.20. The summed E-state index contributed by atoms with van der Waals surface area (Å²) < 4.78 is 29.6. The Morgan fingerprint density at radius 2 is 1.82 bits per heavy atom. The Morgan fingerprint density at radius 3 is 2.36 bits per heavy atom. The average Bonchev–Trinajstić information content (AvgIpc) is 2.98. The Labute approximate surface area is 162 Å². The molecule has 0 amide bonds. The molecule has 1 aromatic carbocycles. The van der Waals surface area contributed by atoms with E-state index in [0.29, 0.717) is 34.4 Å². The van der Waals surface area contributed by atoms with Gasteiger partial charge in [0.1, 0.15) is 18.2 Å². The van der Waals surface area contributed by atoms with E-state index in [1.807, 2.05) is 20.8 Å². The topological polar surface area (TPSA) is 60.7 Å². The zero-order valence-corrected chi connectivity index (χ0v) is 16.8. The number of carbonyl (C=O) groups is 1. The molecule has 0 aliphatic rings. The summed E-state index contributed by atoms with van der Waals surface area (Å²) in [6.45, 7) is 8.57. The Balaban J connectivity index is 2.34. The van der Waals surface area contributed by atoms with Crippen LogP contribution in [-0.4, -0.2) is 32.2 Å². The molecule has 1 atom stereocenters. The molecule has 0 saturated carbocycles. The van der Waals surface area contributed by atoms with Crippen molar-refractivity contribution in [3.05, 3.63) is 41.6 Å². The van der Waals surface area contributed by atoms with Gasteiger partial charge in [-0.1, -0.05) is 20.8 Å². The molecule has 7 heteroatoms. The maximum absolute atomic E-state index is 14.6. The van der Waals surface area contributed by atoms with Gasteiger partial charge in [-0.3, -0.25) is 9.48 Å². The molecule has 0 bridgehead atoms. The summed E-state index contributed by atoms with van der Waals surface area (Å²) in [6.07, 6.45) is 1.44. The van der Waals surface area contributed by atoms with Crippen molar-refractivity contribution in [2.75, 3.05) is 6.67 Å². The fraction of sp³-hybridized carbons (Fsp3) is 0.429. The largest absolute Gasteiger partial charge is 0.293 e. The molecule has 0 saturated heterocycles. The van der Waals surface area contributed by atoms with Crippen LogP contribution in [0.5, 0.6) is 0 Å². The first-order chi connectivity index (χ1) is 13.1. The molecule has 2 heterocycles. The van der Waals surface area contributed by atoms with E-state index in [9.17, 15) is 13.6 Å². The van der Waals surface area contributed by atoms with Gasteiger partial charge in [0, 0.05) is 42.4 Å². The van der Waals surface area contributed by atoms with E-state index in [4.69, 9.17) is 0 Å². The molecule has 1 unspecified atom stereocenters. The molecule has 0 spiro atoms. The van der Waals surface area contributed by atoms with Crippen molar-refractivity contribution in [2.24, 2.45) is 5.41 Å². The van der Waals surface area contributed by atoms with E-state index < -0.39 is 12.8 Å². The molecule has 0 aliphatic carbocycles. The van der Waals surface area contributed by atoms with Crippen molar-refractivity contribution in [1.29, 1.82) is 0 Å². The number of carbonyl (C=O) groups excluding carboxylic acids is 1. The quantitative estimate of drug-likeness (QED) is 0.577. The number of hydrogen-bond acceptors (Lipinski definition) is 4. The van der Waals surface area contributed by atoms with Gasteiger partial charge in [0.2, 0.25) is 0 Å². The number of alkyl halides is 2. The minimum absolute atomic E-state index is 0.157. The number of fused-ring (bicyclic) bond motifs is 1. The van der Waals surface area contributed by atoms with E-state index in [-0.39, 0.29) is 22.5 Å². The van der Waals surface area contributed by atoms with Crippen molar-refractivity contribution >= 4 is 16.7 Å². The van der Waals surface area contributed by atoms with Gasteiger partial charge in [0.25, 0.3) is 0 Å². The van der Waals surface area contributed by atoms with Gasteiger partial charge in [-0.2, -0.15) is 5.10 Å². The Bertz CT molecular complexity index is 1020. The van der Waals surface area contributed by atoms with Crippen molar-refractivity contribution in [3.8, 4) is 11.1 Å². The molecule has 3 rings (SSSR count). The molecular formula is C21H24F2N4O. The lowest BCUT2D eigenvalue weighted by Gasteiger charge is -2.20. The molecule has 28 heavy (non-hydrogen) atoms. The van der Waals surface area contributed by atoms with Gasteiger partial charge in [-0.25, -0.2) is 18.7 Å². The second-order valence-electron chi connectivity index (χ2n) is 8.23. The van der Waals surface area contributed by atoms with Gasteiger partial charge < -0.3 is 0 Å². The molecule has 5 nitrogen and oxygen atoms in total. The Hall–Kier alpha value is -2.70. The number of halogens is 2. The van der Waals surface area contributed by atoms with E-state index in [2.05, 4.69) is 15.1 Å². The van der Waals surface area contributed by atoms with Crippen LogP contribution in [0, 0.1) is 12.3 Å². The maximum atomic E-state index is 14.6. The average molecular weight is 386 g/mol. The minimum atomic E-state index is -1.82. The smallest absolute Gasteiger partial charge is 0.180 e. The summed E-state index contributed by atoms with van der Waals surface area (Å²) in [5.41, 5.74) is 2.02. The van der Waals surface area contributed by atoms with Crippen LogP contribution in [0.2, 0.25) is 0 Å². The minimum Gasteiger partial charge on any atom is -0.293 e. The predicted molar refractivity (Wildman–Crippen MR) is 105 cm³/mol. The summed E-state index contributed by atoms with van der Waals surface area (Å²) in [5, 5.41) is 4.96. The molecule has 3 aromatic rings. The monoisotopic (exact) mass is 386 g/mol. The van der Waals surface area contributed by atoms with Gasteiger partial charge in [-0.05, 0) is 30.0 Å². The summed E-state index contributed by atoms with van der Waals surface area (Å²) in [6, 6.07) is 3.38. The first-order valence-electron chi connectivity index (χ1n) is 9.15. The molecule has 0 fully saturated rings. The summed E-state index contributed by atoms with van der Waals surface area (Å²) in [4.78, 5) is 20.6. The molecule has 0 N–H and O–H groups in total. The van der Waals surface area contributed by atoms with E-state index >= 15 is 0 Å². The van der Waals surface area contributed by atoms with E-state index in [0.717, 1.165) is 0 Å². The highest BCUT2D eigenvalue weighted by molar-refractivity contribution is 6.06. The van der Waals surface area contributed by atoms with Crippen molar-refractivity contribution in [1.82, 2.24) is 19.7 Å². The van der Waals surface area contributed by atoms with Crippen LogP contribution in [0.15, 0.2) is 24.5 Å². The van der Waals surface area contributed by atoms with Gasteiger partial charge in [0.05, 0.1) is 5.52 Å². The van der Waals surface area contributed by atoms with E-state index in [1.165, 1.54) is 6.92 Å². The van der Waals surface area contributed by atoms with E-state index in [1.54, 1.807) is 36.1 Å². The van der Waals surface area contributed by atoms with Crippen LogP contribution in [0.3, 0.4) is 0 Å². The highest BCUT2D eigenvalue weighted by Gasteiger charge is 2.25. The second-order valence-corrected chi connectivity index (χ2v) is 8.23. The normalized spacial score (nSPS) is 13.1. The first-order valence-corrected chi connectivity index (χ1v) is 9.15. The third-order valence-electron chi connectivity index (χ3n) is 4.42. The SMILES string of the molecule is CC(=O)c1nn(CC(C)(C)C)c2c(C(F)CF)cc(-c3cnc(C)nc3)cc12. The zero-order valence-electron chi connectivity index (χ0n) is 16.8. The number of aromatic nitrogens is 4. The molecule has 2 aromatic heterocycles. The maximum Gasteiger partial charge on any atom is 0.180 e. The van der Waals surface area contributed by atoms with Crippen molar-refractivity contribution in [2.45, 2.75) is 47.3 Å². The molecule has 0 aliphatic heterocycles. The van der Waals surface area contributed by atoms with Crippen LogP contribution in [0.1, 0.15) is 55.7 Å².